The summed E-state index contributed by atoms with van der Waals surface area (Å²) in [4.78, 5) is 2.46. The second-order valence-electron chi connectivity index (χ2n) is 6.94. The predicted octanol–water partition coefficient (Wildman–Crippen LogP) is 3.77. The van der Waals surface area contributed by atoms with Crippen LogP contribution in [0.25, 0.3) is 11.1 Å². The first-order valence-corrected chi connectivity index (χ1v) is 8.75. The molecule has 0 N–H and O–H groups in total. The van der Waals surface area contributed by atoms with E-state index in [1.54, 1.807) is 21.3 Å². The standard InChI is InChI=1S/C21H25NO3/c1-12-16(23-3)7-6-13-10-15-19-14(8-9-22(15)2)11-17(24-4)21(25-5)20(19)18(12)13/h6-7,11,15H,8-10H2,1-5H3. The van der Waals surface area contributed by atoms with Crippen LogP contribution in [0.3, 0.4) is 0 Å². The van der Waals surface area contributed by atoms with Crippen molar-refractivity contribution in [3.8, 4) is 28.4 Å². The maximum atomic E-state index is 5.84. The molecular formula is C21H25NO3. The molecule has 132 valence electrons. The molecule has 0 amide bonds. The van der Waals surface area contributed by atoms with Gasteiger partial charge in [-0.3, -0.25) is 4.90 Å². The van der Waals surface area contributed by atoms with E-state index in [2.05, 4.69) is 37.1 Å². The molecule has 1 unspecified atom stereocenters. The number of methoxy groups -OCH3 is 3. The van der Waals surface area contributed by atoms with Crippen molar-refractivity contribution in [2.75, 3.05) is 34.9 Å². The van der Waals surface area contributed by atoms with Crippen molar-refractivity contribution in [3.05, 3.63) is 40.5 Å². The molecule has 0 saturated carbocycles. The molecule has 2 aliphatic rings. The molecule has 1 aliphatic carbocycles. The van der Waals surface area contributed by atoms with Gasteiger partial charge in [-0.25, -0.2) is 0 Å². The lowest BCUT2D eigenvalue weighted by Crippen LogP contribution is -2.35. The van der Waals surface area contributed by atoms with Crippen LogP contribution in [0.5, 0.6) is 17.2 Å². The van der Waals surface area contributed by atoms with Crippen molar-refractivity contribution in [2.45, 2.75) is 25.8 Å². The summed E-state index contributed by atoms with van der Waals surface area (Å²) in [7, 11) is 7.39. The summed E-state index contributed by atoms with van der Waals surface area (Å²) in [5, 5.41) is 0. The average molecular weight is 339 g/mol. The normalized spacial score (nSPS) is 18.4. The van der Waals surface area contributed by atoms with Gasteiger partial charge in [0, 0.05) is 18.2 Å². The molecule has 25 heavy (non-hydrogen) atoms. The van der Waals surface area contributed by atoms with Gasteiger partial charge in [0.15, 0.2) is 11.5 Å². The first-order valence-electron chi connectivity index (χ1n) is 8.75. The Morgan fingerprint density at radius 1 is 0.960 bits per heavy atom. The van der Waals surface area contributed by atoms with E-state index in [1.165, 1.54) is 33.4 Å². The van der Waals surface area contributed by atoms with Gasteiger partial charge in [-0.1, -0.05) is 6.07 Å². The lowest BCUT2D eigenvalue weighted by atomic mass is 9.75. The Kier molecular flexibility index (Phi) is 3.88. The maximum absolute atomic E-state index is 5.84. The van der Waals surface area contributed by atoms with Crippen molar-refractivity contribution >= 4 is 0 Å². The number of hydrogen-bond donors (Lipinski definition) is 0. The zero-order valence-electron chi connectivity index (χ0n) is 15.6. The summed E-state index contributed by atoms with van der Waals surface area (Å²) in [5.74, 6) is 2.56. The number of benzene rings is 2. The van der Waals surface area contributed by atoms with Crippen LogP contribution in [0, 0.1) is 6.92 Å². The van der Waals surface area contributed by atoms with Crippen LogP contribution in [-0.4, -0.2) is 39.8 Å². The third-order valence-electron chi connectivity index (χ3n) is 5.78. The zero-order chi connectivity index (χ0) is 17.7. The Bertz CT molecular complexity index is 844. The van der Waals surface area contributed by atoms with E-state index in [4.69, 9.17) is 14.2 Å². The monoisotopic (exact) mass is 339 g/mol. The largest absolute Gasteiger partial charge is 0.496 e. The molecular weight excluding hydrogens is 314 g/mol. The van der Waals surface area contributed by atoms with E-state index < -0.39 is 0 Å². The minimum Gasteiger partial charge on any atom is -0.496 e. The summed E-state index contributed by atoms with van der Waals surface area (Å²) in [6.45, 7) is 3.20. The number of ether oxygens (including phenoxy) is 3. The van der Waals surface area contributed by atoms with E-state index in [1.807, 2.05) is 0 Å². The number of likely N-dealkylation sites (N-methyl/N-ethyl adjacent to an activating group) is 1. The lowest BCUT2D eigenvalue weighted by molar-refractivity contribution is 0.226. The SMILES string of the molecule is COc1ccc2c(c1C)-c1c(OC)c(OC)cc3c1C(C2)N(C)CC3. The van der Waals surface area contributed by atoms with Crippen LogP contribution in [0.2, 0.25) is 0 Å². The summed E-state index contributed by atoms with van der Waals surface area (Å²) in [6.07, 6.45) is 2.06. The number of hydrogen-bond acceptors (Lipinski definition) is 4. The Morgan fingerprint density at radius 3 is 2.40 bits per heavy atom. The minimum atomic E-state index is 0.388. The summed E-state index contributed by atoms with van der Waals surface area (Å²) < 4.78 is 17.1. The van der Waals surface area contributed by atoms with Gasteiger partial charge in [-0.15, -0.1) is 0 Å². The van der Waals surface area contributed by atoms with Gasteiger partial charge in [0.2, 0.25) is 0 Å². The van der Waals surface area contributed by atoms with Crippen molar-refractivity contribution in [2.24, 2.45) is 0 Å². The van der Waals surface area contributed by atoms with Crippen LogP contribution in [0.4, 0.5) is 0 Å². The highest BCUT2D eigenvalue weighted by molar-refractivity contribution is 5.86. The lowest BCUT2D eigenvalue weighted by Gasteiger charge is -2.41. The fourth-order valence-corrected chi connectivity index (χ4v) is 4.52. The Balaban J connectivity index is 2.11. The van der Waals surface area contributed by atoms with Crippen molar-refractivity contribution < 1.29 is 14.2 Å². The van der Waals surface area contributed by atoms with Crippen molar-refractivity contribution in [1.82, 2.24) is 4.90 Å². The molecule has 0 fully saturated rings. The molecule has 1 aliphatic heterocycles. The number of nitrogens with zero attached hydrogens (tertiary/aromatic N) is 1. The Labute approximate surface area is 149 Å². The molecule has 1 heterocycles. The fourth-order valence-electron chi connectivity index (χ4n) is 4.52. The third kappa shape index (κ3) is 2.24. The molecule has 4 heteroatoms. The van der Waals surface area contributed by atoms with Crippen LogP contribution < -0.4 is 14.2 Å². The van der Waals surface area contributed by atoms with Crippen molar-refractivity contribution in [3.63, 3.8) is 0 Å². The van der Waals surface area contributed by atoms with E-state index in [-0.39, 0.29) is 0 Å². The molecule has 0 spiro atoms. The van der Waals surface area contributed by atoms with Crippen LogP contribution >= 0.6 is 0 Å². The second-order valence-corrected chi connectivity index (χ2v) is 6.94. The molecule has 0 radical (unpaired) electrons. The van der Waals surface area contributed by atoms with Crippen molar-refractivity contribution in [1.29, 1.82) is 0 Å². The van der Waals surface area contributed by atoms with Gasteiger partial charge in [0.25, 0.3) is 0 Å². The van der Waals surface area contributed by atoms with E-state index in [9.17, 15) is 0 Å². The zero-order valence-corrected chi connectivity index (χ0v) is 15.6. The first kappa shape index (κ1) is 16.3. The summed E-state index contributed by atoms with van der Waals surface area (Å²) in [5.41, 5.74) is 7.73. The highest BCUT2D eigenvalue weighted by Crippen LogP contribution is 2.53. The first-order chi connectivity index (χ1) is 12.1. The van der Waals surface area contributed by atoms with Gasteiger partial charge in [-0.05, 0) is 66.8 Å². The molecule has 1 atom stereocenters. The predicted molar refractivity (Wildman–Crippen MR) is 99.1 cm³/mol. The Morgan fingerprint density at radius 2 is 1.72 bits per heavy atom. The van der Waals surface area contributed by atoms with Gasteiger partial charge in [0.05, 0.1) is 21.3 Å². The number of fused-ring (bicyclic) bond motifs is 2. The molecule has 4 nitrogen and oxygen atoms in total. The number of rotatable bonds is 3. The topological polar surface area (TPSA) is 30.9 Å². The van der Waals surface area contributed by atoms with Gasteiger partial charge in [-0.2, -0.15) is 0 Å². The molecule has 2 aromatic carbocycles. The van der Waals surface area contributed by atoms with Gasteiger partial charge < -0.3 is 14.2 Å². The highest BCUT2D eigenvalue weighted by Gasteiger charge is 2.37. The Hall–Kier alpha value is -2.20. The second kappa shape index (κ2) is 5.95. The van der Waals surface area contributed by atoms with E-state index >= 15 is 0 Å². The van der Waals surface area contributed by atoms with Crippen LogP contribution in [0.15, 0.2) is 18.2 Å². The van der Waals surface area contributed by atoms with Crippen LogP contribution in [0.1, 0.15) is 28.3 Å². The smallest absolute Gasteiger partial charge is 0.168 e. The average Bonchev–Trinajstić information content (AvgIpc) is 2.63. The molecule has 0 bridgehead atoms. The molecule has 4 rings (SSSR count). The molecule has 0 aromatic heterocycles. The third-order valence-corrected chi connectivity index (χ3v) is 5.78. The fraction of sp³-hybridized carbons (Fsp3) is 0.429. The maximum Gasteiger partial charge on any atom is 0.168 e. The van der Waals surface area contributed by atoms with E-state index in [0.717, 1.165) is 36.6 Å². The molecule has 0 saturated heterocycles. The molecule has 2 aromatic rings. The van der Waals surface area contributed by atoms with Crippen LogP contribution in [-0.2, 0) is 12.8 Å². The van der Waals surface area contributed by atoms with Gasteiger partial charge >= 0.3 is 0 Å². The quantitative estimate of drug-likeness (QED) is 0.852. The highest BCUT2D eigenvalue weighted by atomic mass is 16.5. The summed E-state index contributed by atoms with van der Waals surface area (Å²) >= 11 is 0. The summed E-state index contributed by atoms with van der Waals surface area (Å²) in [6, 6.07) is 6.83. The minimum absolute atomic E-state index is 0.388. The van der Waals surface area contributed by atoms with Gasteiger partial charge in [0.1, 0.15) is 5.75 Å². The van der Waals surface area contributed by atoms with E-state index in [0.29, 0.717) is 6.04 Å².